The molecular weight excluding hydrogens is 356 g/mol. The van der Waals surface area contributed by atoms with Crippen molar-refractivity contribution in [2.45, 2.75) is 10.1 Å². The van der Waals surface area contributed by atoms with Gasteiger partial charge in [0.15, 0.2) is 0 Å². The lowest BCUT2D eigenvalue weighted by Crippen LogP contribution is -2.36. The van der Waals surface area contributed by atoms with Gasteiger partial charge in [0.1, 0.15) is 0 Å². The third-order valence-electron chi connectivity index (χ3n) is 3.68. The van der Waals surface area contributed by atoms with Crippen molar-refractivity contribution >= 4 is 35.1 Å². The van der Waals surface area contributed by atoms with Gasteiger partial charge in [0.2, 0.25) is 11.8 Å². The number of nitrogens with zero attached hydrogens (tertiary/aromatic N) is 4. The van der Waals surface area contributed by atoms with Gasteiger partial charge in [-0.3, -0.25) is 9.78 Å². The molecule has 2 aromatic heterocycles. The third-order valence-corrected chi connectivity index (χ3v) is 5.53. The maximum Gasteiger partial charge on any atom is 0.277 e. The number of hydrogen-bond acceptors (Lipinski definition) is 7. The molecule has 0 saturated heterocycles. The van der Waals surface area contributed by atoms with E-state index in [0.29, 0.717) is 17.7 Å². The van der Waals surface area contributed by atoms with Crippen LogP contribution < -0.4 is 4.90 Å². The summed E-state index contributed by atoms with van der Waals surface area (Å²) in [5.74, 6) is 1.63. The van der Waals surface area contributed by atoms with Gasteiger partial charge >= 0.3 is 0 Å². The number of carbonyl (C=O) groups excluding carboxylic acids is 1. The van der Waals surface area contributed by atoms with E-state index >= 15 is 0 Å². The SMILES string of the molecule is O=C(CSc1nnc(-c2ccncc2)o1)N1CCSc2ccccc21. The van der Waals surface area contributed by atoms with Gasteiger partial charge in [-0.25, -0.2) is 0 Å². The van der Waals surface area contributed by atoms with Gasteiger partial charge in [0.05, 0.1) is 11.4 Å². The normalized spacial score (nSPS) is 13.5. The summed E-state index contributed by atoms with van der Waals surface area (Å²) < 4.78 is 5.62. The third kappa shape index (κ3) is 3.54. The van der Waals surface area contributed by atoms with E-state index in [9.17, 15) is 4.79 Å². The number of carbonyl (C=O) groups is 1. The molecular formula is C17H14N4O2S2. The van der Waals surface area contributed by atoms with E-state index in [2.05, 4.69) is 15.2 Å². The highest BCUT2D eigenvalue weighted by molar-refractivity contribution is 8.00. The molecule has 0 fully saturated rings. The molecule has 0 atom stereocenters. The van der Waals surface area contributed by atoms with Crippen molar-refractivity contribution in [2.24, 2.45) is 0 Å². The van der Waals surface area contributed by atoms with Gasteiger partial charge < -0.3 is 9.32 Å². The standard InChI is InChI=1S/C17H14N4O2S2/c22-15(21-9-10-24-14-4-2-1-3-13(14)21)11-25-17-20-19-16(23-17)12-5-7-18-8-6-12/h1-8H,9-11H2. The largest absolute Gasteiger partial charge is 0.411 e. The number of fused-ring (bicyclic) bond motifs is 1. The van der Waals surface area contributed by atoms with E-state index in [1.807, 2.05) is 29.2 Å². The average Bonchev–Trinajstić information content (AvgIpc) is 3.15. The molecule has 25 heavy (non-hydrogen) atoms. The van der Waals surface area contributed by atoms with Gasteiger partial charge in [0.25, 0.3) is 5.22 Å². The molecule has 126 valence electrons. The van der Waals surface area contributed by atoms with Crippen LogP contribution in [0.1, 0.15) is 0 Å². The zero-order chi connectivity index (χ0) is 17.1. The number of benzene rings is 1. The van der Waals surface area contributed by atoms with Crippen LogP contribution in [0.5, 0.6) is 0 Å². The Labute approximate surface area is 153 Å². The second-order valence-corrected chi connectivity index (χ2v) is 7.32. The Hall–Kier alpha value is -2.32. The smallest absolute Gasteiger partial charge is 0.277 e. The highest BCUT2D eigenvalue weighted by Gasteiger charge is 2.23. The molecule has 4 rings (SSSR count). The van der Waals surface area contributed by atoms with Crippen molar-refractivity contribution in [3.05, 3.63) is 48.8 Å². The summed E-state index contributed by atoms with van der Waals surface area (Å²) in [7, 11) is 0. The average molecular weight is 370 g/mol. The lowest BCUT2D eigenvalue weighted by atomic mass is 10.3. The van der Waals surface area contributed by atoms with Crippen LogP contribution in [-0.2, 0) is 4.79 Å². The second kappa shape index (κ2) is 7.28. The van der Waals surface area contributed by atoms with Crippen molar-refractivity contribution in [3.63, 3.8) is 0 Å². The first-order valence-electron chi connectivity index (χ1n) is 7.70. The molecule has 8 heteroatoms. The summed E-state index contributed by atoms with van der Waals surface area (Å²) in [5, 5.41) is 8.41. The van der Waals surface area contributed by atoms with Crippen molar-refractivity contribution < 1.29 is 9.21 Å². The number of rotatable bonds is 4. The van der Waals surface area contributed by atoms with Gasteiger partial charge in [-0.05, 0) is 24.3 Å². The van der Waals surface area contributed by atoms with Gasteiger partial charge in [-0.2, -0.15) is 0 Å². The Morgan fingerprint density at radius 1 is 1.20 bits per heavy atom. The van der Waals surface area contributed by atoms with E-state index < -0.39 is 0 Å². The summed E-state index contributed by atoms with van der Waals surface area (Å²) in [4.78, 5) is 19.5. The first-order valence-corrected chi connectivity index (χ1v) is 9.67. The van der Waals surface area contributed by atoms with Crippen molar-refractivity contribution in [3.8, 4) is 11.5 Å². The Kier molecular flexibility index (Phi) is 4.71. The molecule has 0 radical (unpaired) electrons. The minimum Gasteiger partial charge on any atom is -0.411 e. The first-order chi connectivity index (χ1) is 12.3. The summed E-state index contributed by atoms with van der Waals surface area (Å²) in [6, 6.07) is 11.6. The van der Waals surface area contributed by atoms with Gasteiger partial charge in [-0.1, -0.05) is 23.9 Å². The molecule has 0 spiro atoms. The molecule has 1 aliphatic rings. The number of anilines is 1. The quantitative estimate of drug-likeness (QED) is 0.652. The predicted molar refractivity (Wildman–Crippen MR) is 97.8 cm³/mol. The fourth-order valence-electron chi connectivity index (χ4n) is 2.51. The first kappa shape index (κ1) is 16.2. The van der Waals surface area contributed by atoms with Crippen molar-refractivity contribution in [2.75, 3.05) is 23.0 Å². The van der Waals surface area contributed by atoms with Crippen LogP contribution in [0, 0.1) is 0 Å². The summed E-state index contributed by atoms with van der Waals surface area (Å²) >= 11 is 3.04. The van der Waals surface area contributed by atoms with E-state index in [0.717, 1.165) is 21.9 Å². The lowest BCUT2D eigenvalue weighted by Gasteiger charge is -2.28. The van der Waals surface area contributed by atoms with Crippen LogP contribution in [-0.4, -0.2) is 39.1 Å². The topological polar surface area (TPSA) is 72.1 Å². The lowest BCUT2D eigenvalue weighted by molar-refractivity contribution is -0.116. The Morgan fingerprint density at radius 3 is 2.92 bits per heavy atom. The van der Waals surface area contributed by atoms with E-state index in [1.165, 1.54) is 11.8 Å². The minimum atomic E-state index is 0.0430. The van der Waals surface area contributed by atoms with Crippen molar-refractivity contribution in [1.29, 1.82) is 0 Å². The predicted octanol–water partition coefficient (Wildman–Crippen LogP) is 3.36. The summed E-state index contributed by atoms with van der Waals surface area (Å²) in [5.41, 5.74) is 1.79. The monoisotopic (exact) mass is 370 g/mol. The number of aromatic nitrogens is 3. The van der Waals surface area contributed by atoms with Gasteiger partial charge in [0, 0.05) is 35.2 Å². The highest BCUT2D eigenvalue weighted by Crippen LogP contribution is 2.35. The Balaban J connectivity index is 1.42. The van der Waals surface area contributed by atoms with Crippen LogP contribution in [0.3, 0.4) is 0 Å². The maximum absolute atomic E-state index is 12.6. The summed E-state index contributed by atoms with van der Waals surface area (Å²) in [6.45, 7) is 0.715. The molecule has 0 N–H and O–H groups in total. The zero-order valence-corrected chi connectivity index (χ0v) is 14.8. The number of hydrogen-bond donors (Lipinski definition) is 0. The molecule has 1 aromatic carbocycles. The minimum absolute atomic E-state index is 0.0430. The zero-order valence-electron chi connectivity index (χ0n) is 13.2. The number of para-hydroxylation sites is 1. The number of amides is 1. The van der Waals surface area contributed by atoms with Crippen LogP contribution in [0.15, 0.2) is 63.3 Å². The molecule has 0 aliphatic carbocycles. The molecule has 0 unspecified atom stereocenters. The molecule has 6 nitrogen and oxygen atoms in total. The second-order valence-electron chi connectivity index (χ2n) is 5.26. The van der Waals surface area contributed by atoms with E-state index in [1.54, 1.807) is 36.3 Å². The maximum atomic E-state index is 12.6. The number of pyridine rings is 1. The van der Waals surface area contributed by atoms with Crippen LogP contribution in [0.2, 0.25) is 0 Å². The molecule has 1 amide bonds. The van der Waals surface area contributed by atoms with Crippen LogP contribution >= 0.6 is 23.5 Å². The Morgan fingerprint density at radius 2 is 2.04 bits per heavy atom. The molecule has 0 saturated carbocycles. The fourth-order valence-corrected chi connectivity index (χ4v) is 4.14. The fraction of sp³-hybridized carbons (Fsp3) is 0.176. The van der Waals surface area contributed by atoms with Crippen LogP contribution in [0.25, 0.3) is 11.5 Å². The molecule has 0 bridgehead atoms. The molecule has 1 aliphatic heterocycles. The summed E-state index contributed by atoms with van der Waals surface area (Å²) in [6.07, 6.45) is 3.34. The highest BCUT2D eigenvalue weighted by atomic mass is 32.2. The molecule has 3 aromatic rings. The van der Waals surface area contributed by atoms with Crippen LogP contribution in [0.4, 0.5) is 5.69 Å². The number of thioether (sulfide) groups is 2. The van der Waals surface area contributed by atoms with E-state index in [-0.39, 0.29) is 11.7 Å². The van der Waals surface area contributed by atoms with Gasteiger partial charge in [-0.15, -0.1) is 22.0 Å². The Bertz CT molecular complexity index is 885. The van der Waals surface area contributed by atoms with Crippen molar-refractivity contribution in [1.82, 2.24) is 15.2 Å². The molecule has 3 heterocycles. The van der Waals surface area contributed by atoms with E-state index in [4.69, 9.17) is 4.42 Å².